The van der Waals surface area contributed by atoms with E-state index in [-0.39, 0.29) is 0 Å². The standard InChI is InChI=1S/C4H8N4O/c1-2-3(4(5)9)7-8-6/h3H,2H2,1H3,(H2,5,9)/t3-/m1/s1. The molecule has 0 aliphatic rings. The van der Waals surface area contributed by atoms with Crippen LogP contribution in [0.2, 0.25) is 0 Å². The fourth-order valence-corrected chi connectivity index (χ4v) is 0.402. The van der Waals surface area contributed by atoms with Gasteiger partial charge in [-0.05, 0) is 12.0 Å². The lowest BCUT2D eigenvalue weighted by molar-refractivity contribution is -0.119. The molecular formula is C4H8N4O. The van der Waals surface area contributed by atoms with Gasteiger partial charge in [-0.2, -0.15) is 0 Å². The third kappa shape index (κ3) is 2.56. The van der Waals surface area contributed by atoms with E-state index >= 15 is 0 Å². The summed E-state index contributed by atoms with van der Waals surface area (Å²) in [5.41, 5.74) is 12.7. The molecule has 0 fully saturated rings. The maximum Gasteiger partial charge on any atom is 0.226 e. The summed E-state index contributed by atoms with van der Waals surface area (Å²) in [6.45, 7) is 1.73. The molecule has 0 saturated carbocycles. The number of primary amides is 1. The molecule has 5 heteroatoms. The molecule has 0 bridgehead atoms. The van der Waals surface area contributed by atoms with E-state index in [9.17, 15) is 4.79 Å². The first-order chi connectivity index (χ1) is 4.22. The van der Waals surface area contributed by atoms with Gasteiger partial charge in [0, 0.05) is 4.91 Å². The van der Waals surface area contributed by atoms with Crippen LogP contribution >= 0.6 is 0 Å². The van der Waals surface area contributed by atoms with Gasteiger partial charge in [0.25, 0.3) is 0 Å². The first-order valence-electron chi connectivity index (χ1n) is 2.56. The molecule has 0 spiro atoms. The van der Waals surface area contributed by atoms with Gasteiger partial charge in [0.05, 0.1) is 0 Å². The second kappa shape index (κ2) is 3.74. The molecule has 50 valence electrons. The van der Waals surface area contributed by atoms with Crippen molar-refractivity contribution in [3.8, 4) is 0 Å². The number of hydrogen-bond donors (Lipinski definition) is 1. The molecule has 2 N–H and O–H groups in total. The van der Waals surface area contributed by atoms with Gasteiger partial charge in [0.2, 0.25) is 5.91 Å². The minimum absolute atomic E-state index is 0.458. The molecule has 0 aromatic heterocycles. The summed E-state index contributed by atoms with van der Waals surface area (Å²) < 4.78 is 0. The first kappa shape index (κ1) is 7.78. The van der Waals surface area contributed by atoms with Crippen LogP contribution in [0.25, 0.3) is 10.4 Å². The van der Waals surface area contributed by atoms with Crippen LogP contribution in [0, 0.1) is 0 Å². The molecule has 0 rings (SSSR count). The molecule has 0 aliphatic carbocycles. The Morgan fingerprint density at radius 1 is 2.00 bits per heavy atom. The number of nitrogens with two attached hydrogens (primary N) is 1. The van der Waals surface area contributed by atoms with Crippen molar-refractivity contribution >= 4 is 5.91 Å². The molecule has 0 aromatic carbocycles. The Labute approximate surface area is 52.5 Å². The normalized spacial score (nSPS) is 11.7. The summed E-state index contributed by atoms with van der Waals surface area (Å²) in [6.07, 6.45) is 0.458. The van der Waals surface area contributed by atoms with Gasteiger partial charge in [0.15, 0.2) is 0 Å². The van der Waals surface area contributed by atoms with Gasteiger partial charge in [0.1, 0.15) is 6.04 Å². The predicted octanol–water partition coefficient (Wildman–Crippen LogP) is 0.561. The SMILES string of the molecule is CC[C@@H](N=[N+]=[N-])C(N)=O. The molecule has 0 unspecified atom stereocenters. The van der Waals surface area contributed by atoms with Crippen molar-refractivity contribution in [3.05, 3.63) is 10.4 Å². The van der Waals surface area contributed by atoms with Gasteiger partial charge in [-0.15, -0.1) is 0 Å². The Balaban J connectivity index is 3.98. The van der Waals surface area contributed by atoms with E-state index in [4.69, 9.17) is 11.3 Å². The highest BCUT2D eigenvalue weighted by Crippen LogP contribution is 1.94. The highest BCUT2D eigenvalue weighted by atomic mass is 16.1. The third-order valence-electron chi connectivity index (χ3n) is 0.906. The van der Waals surface area contributed by atoms with Crippen LogP contribution in [0.5, 0.6) is 0 Å². The summed E-state index contributed by atoms with van der Waals surface area (Å²) >= 11 is 0. The number of rotatable bonds is 3. The molecule has 0 saturated heterocycles. The van der Waals surface area contributed by atoms with Crippen molar-refractivity contribution in [2.75, 3.05) is 0 Å². The first-order valence-corrected chi connectivity index (χ1v) is 2.56. The topological polar surface area (TPSA) is 91.8 Å². The molecule has 1 amide bonds. The van der Waals surface area contributed by atoms with Crippen LogP contribution in [-0.4, -0.2) is 11.9 Å². The summed E-state index contributed by atoms with van der Waals surface area (Å²) in [5, 5.41) is 3.15. The van der Waals surface area contributed by atoms with Crippen LogP contribution in [0.4, 0.5) is 0 Å². The van der Waals surface area contributed by atoms with Crippen LogP contribution < -0.4 is 5.73 Å². The lowest BCUT2D eigenvalue weighted by Crippen LogP contribution is -2.25. The number of azide groups is 1. The van der Waals surface area contributed by atoms with Gasteiger partial charge in [-0.25, -0.2) is 0 Å². The maximum absolute atomic E-state index is 10.3. The number of hydrogen-bond acceptors (Lipinski definition) is 2. The van der Waals surface area contributed by atoms with Crippen molar-refractivity contribution in [2.24, 2.45) is 10.8 Å². The van der Waals surface area contributed by atoms with Crippen LogP contribution in [0.1, 0.15) is 13.3 Å². The van der Waals surface area contributed by atoms with E-state index < -0.39 is 11.9 Å². The number of carbonyl (C=O) groups excluding carboxylic acids is 1. The van der Waals surface area contributed by atoms with E-state index in [0.29, 0.717) is 6.42 Å². The summed E-state index contributed by atoms with van der Waals surface area (Å²) in [7, 11) is 0. The second-order valence-electron chi connectivity index (χ2n) is 1.53. The summed E-state index contributed by atoms with van der Waals surface area (Å²) in [6, 6.07) is -0.685. The fourth-order valence-electron chi connectivity index (χ4n) is 0.402. The van der Waals surface area contributed by atoms with Gasteiger partial charge in [-0.3, -0.25) is 4.79 Å². The summed E-state index contributed by atoms with van der Waals surface area (Å²) in [5.74, 6) is -0.574. The van der Waals surface area contributed by atoms with Crippen molar-refractivity contribution in [3.63, 3.8) is 0 Å². The highest BCUT2D eigenvalue weighted by Gasteiger charge is 2.08. The second-order valence-corrected chi connectivity index (χ2v) is 1.53. The smallest absolute Gasteiger partial charge is 0.226 e. The molecule has 0 heterocycles. The monoisotopic (exact) mass is 128 g/mol. The van der Waals surface area contributed by atoms with Crippen molar-refractivity contribution in [1.82, 2.24) is 0 Å². The third-order valence-corrected chi connectivity index (χ3v) is 0.906. The molecule has 0 aromatic rings. The molecular weight excluding hydrogens is 120 g/mol. The van der Waals surface area contributed by atoms with Crippen molar-refractivity contribution < 1.29 is 4.79 Å². The van der Waals surface area contributed by atoms with Gasteiger partial charge in [-0.1, -0.05) is 12.0 Å². The van der Waals surface area contributed by atoms with Crippen molar-refractivity contribution in [1.29, 1.82) is 0 Å². The Bertz CT molecular complexity index is 147. The molecule has 9 heavy (non-hydrogen) atoms. The average molecular weight is 128 g/mol. The highest BCUT2D eigenvalue weighted by molar-refractivity contribution is 5.79. The Morgan fingerprint density at radius 2 is 2.56 bits per heavy atom. The number of amides is 1. The van der Waals surface area contributed by atoms with E-state index in [2.05, 4.69) is 10.0 Å². The largest absolute Gasteiger partial charge is 0.369 e. The van der Waals surface area contributed by atoms with E-state index in [1.54, 1.807) is 6.92 Å². The number of carbonyl (C=O) groups is 1. The number of nitrogens with zero attached hydrogens (tertiary/aromatic N) is 3. The zero-order valence-corrected chi connectivity index (χ0v) is 5.11. The average Bonchev–Trinajstić information content (AvgIpc) is 1.82. The lowest BCUT2D eigenvalue weighted by atomic mass is 10.2. The Kier molecular flexibility index (Phi) is 3.23. The minimum atomic E-state index is -0.685. The van der Waals surface area contributed by atoms with Crippen LogP contribution in [-0.2, 0) is 4.79 Å². The summed E-state index contributed by atoms with van der Waals surface area (Å²) in [4.78, 5) is 12.7. The minimum Gasteiger partial charge on any atom is -0.369 e. The molecule has 5 nitrogen and oxygen atoms in total. The van der Waals surface area contributed by atoms with E-state index in [0.717, 1.165) is 0 Å². The quantitative estimate of drug-likeness (QED) is 0.335. The maximum atomic E-state index is 10.3. The Hall–Kier alpha value is -1.22. The van der Waals surface area contributed by atoms with Gasteiger partial charge < -0.3 is 5.73 Å². The van der Waals surface area contributed by atoms with Crippen molar-refractivity contribution in [2.45, 2.75) is 19.4 Å². The predicted molar refractivity (Wildman–Crippen MR) is 32.4 cm³/mol. The van der Waals surface area contributed by atoms with Crippen LogP contribution in [0.3, 0.4) is 0 Å². The molecule has 1 atom stereocenters. The Morgan fingerprint density at radius 3 is 2.67 bits per heavy atom. The van der Waals surface area contributed by atoms with Gasteiger partial charge >= 0.3 is 0 Å². The molecule has 0 aliphatic heterocycles. The van der Waals surface area contributed by atoms with E-state index in [1.807, 2.05) is 0 Å². The zero-order chi connectivity index (χ0) is 7.28. The van der Waals surface area contributed by atoms with Crippen LogP contribution in [0.15, 0.2) is 5.11 Å². The van der Waals surface area contributed by atoms with E-state index in [1.165, 1.54) is 0 Å². The zero-order valence-electron chi connectivity index (χ0n) is 5.11. The fraction of sp³-hybridized carbons (Fsp3) is 0.750. The lowest BCUT2D eigenvalue weighted by Gasteiger charge is -1.98. The molecule has 0 radical (unpaired) electrons.